The normalized spacial score (nSPS) is 18.7. The first-order chi connectivity index (χ1) is 19.7. The van der Waals surface area contributed by atoms with Crippen LogP contribution >= 0.6 is 0 Å². The third-order valence-electron chi connectivity index (χ3n) is 8.87. The average molecular weight is 570 g/mol. The molecular formula is C33H51N3O5. The van der Waals surface area contributed by atoms with Crippen molar-refractivity contribution in [2.45, 2.75) is 129 Å². The van der Waals surface area contributed by atoms with Crippen molar-refractivity contribution in [3.8, 4) is 0 Å². The zero-order chi connectivity index (χ0) is 29.9. The van der Waals surface area contributed by atoms with Crippen molar-refractivity contribution in [3.05, 3.63) is 35.4 Å². The Labute approximate surface area is 246 Å². The fourth-order valence-electron chi connectivity index (χ4n) is 6.34. The van der Waals surface area contributed by atoms with Gasteiger partial charge in [-0.2, -0.15) is 0 Å². The number of hydrogen-bond acceptors (Lipinski definition) is 5. The lowest BCUT2D eigenvalue weighted by molar-refractivity contribution is -0.146. The van der Waals surface area contributed by atoms with E-state index in [0.29, 0.717) is 18.4 Å². The Hall–Kier alpha value is -2.90. The molecular weight excluding hydrogens is 518 g/mol. The summed E-state index contributed by atoms with van der Waals surface area (Å²) in [6.07, 6.45) is 12.0. The first-order valence-electron chi connectivity index (χ1n) is 15.8. The zero-order valence-electron chi connectivity index (χ0n) is 25.7. The van der Waals surface area contributed by atoms with Gasteiger partial charge in [-0.05, 0) is 56.1 Å². The molecule has 2 fully saturated rings. The highest BCUT2D eigenvalue weighted by Crippen LogP contribution is 2.32. The smallest absolute Gasteiger partial charge is 0.328 e. The zero-order valence-corrected chi connectivity index (χ0v) is 25.7. The van der Waals surface area contributed by atoms with Crippen molar-refractivity contribution in [3.63, 3.8) is 0 Å². The summed E-state index contributed by atoms with van der Waals surface area (Å²) in [5.41, 5.74) is 0.666. The van der Waals surface area contributed by atoms with Crippen molar-refractivity contribution in [1.29, 1.82) is 0 Å². The van der Waals surface area contributed by atoms with E-state index in [1.807, 2.05) is 27.7 Å². The van der Waals surface area contributed by atoms with Gasteiger partial charge < -0.3 is 20.3 Å². The minimum Gasteiger partial charge on any atom is -0.467 e. The van der Waals surface area contributed by atoms with Gasteiger partial charge >= 0.3 is 5.97 Å². The van der Waals surface area contributed by atoms with E-state index in [9.17, 15) is 19.2 Å². The van der Waals surface area contributed by atoms with Gasteiger partial charge in [0.25, 0.3) is 11.8 Å². The molecule has 8 nitrogen and oxygen atoms in total. The number of ether oxygens (including phenoxy) is 1. The molecule has 3 amide bonds. The van der Waals surface area contributed by atoms with Crippen molar-refractivity contribution >= 4 is 23.7 Å². The molecule has 0 radical (unpaired) electrons. The largest absolute Gasteiger partial charge is 0.467 e. The predicted molar refractivity (Wildman–Crippen MR) is 160 cm³/mol. The summed E-state index contributed by atoms with van der Waals surface area (Å²) in [6, 6.07) is 5.69. The van der Waals surface area contributed by atoms with E-state index in [4.69, 9.17) is 4.74 Å². The second kappa shape index (κ2) is 15.9. The molecule has 0 spiro atoms. The minimum absolute atomic E-state index is 0.0815. The van der Waals surface area contributed by atoms with Crippen LogP contribution in [0.1, 0.15) is 125 Å². The fourth-order valence-corrected chi connectivity index (χ4v) is 6.34. The molecule has 0 saturated heterocycles. The molecule has 3 atom stereocenters. The van der Waals surface area contributed by atoms with Crippen molar-refractivity contribution in [2.75, 3.05) is 7.11 Å². The molecule has 0 bridgehead atoms. The standard InChI is InChI=1S/C33H51N3O5/c1-6-23(4)29(33(40)41-5)35-31(38)28(21-22(2)3)34-30(37)26-19-13-14-20-27(26)32(39)36(24-15-9-7-10-16-24)25-17-11-8-12-18-25/h13-14,19-20,22-25,28-29H,6-12,15-18,21H2,1-5H3,(H,34,37)(H,35,38). The van der Waals surface area contributed by atoms with E-state index >= 15 is 0 Å². The fraction of sp³-hybridized carbons (Fsp3) is 0.697. The van der Waals surface area contributed by atoms with Gasteiger partial charge in [0.2, 0.25) is 5.91 Å². The number of carbonyl (C=O) groups excluding carboxylic acids is 4. The number of benzene rings is 1. The molecule has 41 heavy (non-hydrogen) atoms. The second-order valence-corrected chi connectivity index (χ2v) is 12.4. The number of methoxy groups -OCH3 is 1. The number of carbonyl (C=O) groups is 4. The number of nitrogens with one attached hydrogen (secondary N) is 2. The maximum absolute atomic E-state index is 14.2. The molecule has 0 aromatic heterocycles. The van der Waals surface area contributed by atoms with Gasteiger partial charge in [-0.15, -0.1) is 0 Å². The lowest BCUT2D eigenvalue weighted by Crippen LogP contribution is -2.54. The summed E-state index contributed by atoms with van der Waals surface area (Å²) >= 11 is 0. The van der Waals surface area contributed by atoms with E-state index in [2.05, 4.69) is 15.5 Å². The van der Waals surface area contributed by atoms with Crippen LogP contribution < -0.4 is 10.6 Å². The summed E-state index contributed by atoms with van der Waals surface area (Å²) in [6.45, 7) is 7.77. The third kappa shape index (κ3) is 8.79. The summed E-state index contributed by atoms with van der Waals surface area (Å²) in [7, 11) is 1.30. The Balaban J connectivity index is 1.86. The van der Waals surface area contributed by atoms with Gasteiger partial charge in [0, 0.05) is 12.1 Å². The lowest BCUT2D eigenvalue weighted by Gasteiger charge is -2.42. The number of rotatable bonds is 12. The van der Waals surface area contributed by atoms with E-state index in [1.54, 1.807) is 24.3 Å². The molecule has 228 valence electrons. The quantitative estimate of drug-likeness (QED) is 0.317. The van der Waals surface area contributed by atoms with Crippen LogP contribution in [0.25, 0.3) is 0 Å². The SMILES string of the molecule is CCC(C)C(NC(=O)C(CC(C)C)NC(=O)c1ccccc1C(=O)N(C1CCCCC1)C1CCCCC1)C(=O)OC. The Bertz CT molecular complexity index is 1010. The summed E-state index contributed by atoms with van der Waals surface area (Å²) in [4.78, 5) is 55.9. The van der Waals surface area contributed by atoms with Gasteiger partial charge in [0.15, 0.2) is 0 Å². The number of nitrogens with zero attached hydrogens (tertiary/aromatic N) is 1. The molecule has 0 aliphatic heterocycles. The molecule has 8 heteroatoms. The van der Waals surface area contributed by atoms with Gasteiger partial charge in [-0.1, -0.05) is 84.8 Å². The molecule has 0 heterocycles. The summed E-state index contributed by atoms with van der Waals surface area (Å²) in [5, 5.41) is 5.72. The van der Waals surface area contributed by atoms with Gasteiger partial charge in [0.1, 0.15) is 12.1 Å². The third-order valence-corrected chi connectivity index (χ3v) is 8.87. The second-order valence-electron chi connectivity index (χ2n) is 12.4. The van der Waals surface area contributed by atoms with Gasteiger partial charge in [-0.25, -0.2) is 4.79 Å². The van der Waals surface area contributed by atoms with Crippen LogP contribution in [0.2, 0.25) is 0 Å². The first kappa shape index (κ1) is 32.6. The molecule has 3 unspecified atom stereocenters. The molecule has 3 rings (SSSR count). The Kier molecular flexibility index (Phi) is 12.7. The van der Waals surface area contributed by atoms with Crippen LogP contribution in [0.4, 0.5) is 0 Å². The topological polar surface area (TPSA) is 105 Å². The van der Waals surface area contributed by atoms with E-state index in [0.717, 1.165) is 51.4 Å². The molecule has 2 N–H and O–H groups in total. The van der Waals surface area contributed by atoms with Crippen molar-refractivity contribution < 1.29 is 23.9 Å². The van der Waals surface area contributed by atoms with Crippen LogP contribution in [-0.2, 0) is 14.3 Å². The predicted octanol–water partition coefficient (Wildman–Crippen LogP) is 5.64. The molecule has 2 aliphatic rings. The summed E-state index contributed by atoms with van der Waals surface area (Å²) < 4.78 is 4.93. The molecule has 2 saturated carbocycles. The van der Waals surface area contributed by atoms with Crippen LogP contribution in [0.15, 0.2) is 24.3 Å². The maximum atomic E-state index is 14.2. The first-order valence-corrected chi connectivity index (χ1v) is 15.8. The molecule has 1 aromatic rings. The monoisotopic (exact) mass is 569 g/mol. The van der Waals surface area contributed by atoms with Crippen LogP contribution in [-0.4, -0.2) is 59.9 Å². The van der Waals surface area contributed by atoms with E-state index in [-0.39, 0.29) is 35.4 Å². The van der Waals surface area contributed by atoms with Crippen molar-refractivity contribution in [1.82, 2.24) is 15.5 Å². The van der Waals surface area contributed by atoms with Gasteiger partial charge in [-0.3, -0.25) is 14.4 Å². The Morgan fingerprint density at radius 3 is 1.88 bits per heavy atom. The van der Waals surface area contributed by atoms with E-state index < -0.39 is 29.9 Å². The van der Waals surface area contributed by atoms with Crippen LogP contribution in [0, 0.1) is 11.8 Å². The number of amides is 3. The Morgan fingerprint density at radius 1 is 0.854 bits per heavy atom. The average Bonchev–Trinajstić information content (AvgIpc) is 2.99. The highest BCUT2D eigenvalue weighted by molar-refractivity contribution is 6.08. The number of hydrogen-bond donors (Lipinski definition) is 2. The maximum Gasteiger partial charge on any atom is 0.328 e. The van der Waals surface area contributed by atoms with Crippen molar-refractivity contribution in [2.24, 2.45) is 11.8 Å². The number of esters is 1. The summed E-state index contributed by atoms with van der Waals surface area (Å²) in [5.74, 6) is -1.51. The van der Waals surface area contributed by atoms with Crippen LogP contribution in [0.5, 0.6) is 0 Å². The van der Waals surface area contributed by atoms with Crippen LogP contribution in [0.3, 0.4) is 0 Å². The van der Waals surface area contributed by atoms with E-state index in [1.165, 1.54) is 20.0 Å². The minimum atomic E-state index is -0.866. The molecule has 2 aliphatic carbocycles. The molecule has 1 aromatic carbocycles. The van der Waals surface area contributed by atoms with Gasteiger partial charge in [0.05, 0.1) is 18.2 Å². The highest BCUT2D eigenvalue weighted by atomic mass is 16.5. The Morgan fingerprint density at radius 2 is 1.39 bits per heavy atom. The highest BCUT2D eigenvalue weighted by Gasteiger charge is 2.35. The lowest BCUT2D eigenvalue weighted by atomic mass is 9.87.